The summed E-state index contributed by atoms with van der Waals surface area (Å²) in [5, 5.41) is 11.5. The molecule has 5 nitrogen and oxygen atoms in total. The lowest BCUT2D eigenvalue weighted by Crippen LogP contribution is -2.47. The van der Waals surface area contributed by atoms with Crippen LogP contribution in [0.3, 0.4) is 0 Å². The molecule has 1 saturated carbocycles. The SMILES string of the molecule is CC(C)CN(C(=O)NCCCCC(=O)O)C1CCCC1. The number of amides is 2. The summed E-state index contributed by atoms with van der Waals surface area (Å²) in [7, 11) is 0. The molecule has 0 bridgehead atoms. The zero-order chi connectivity index (χ0) is 15.0. The van der Waals surface area contributed by atoms with Gasteiger partial charge in [-0.05, 0) is 31.6 Å². The Kier molecular flexibility index (Phi) is 7.41. The van der Waals surface area contributed by atoms with Crippen LogP contribution in [0.5, 0.6) is 0 Å². The molecule has 0 radical (unpaired) electrons. The first-order valence-electron chi connectivity index (χ1n) is 7.77. The fraction of sp³-hybridized carbons (Fsp3) is 0.867. The van der Waals surface area contributed by atoms with Gasteiger partial charge in [-0.15, -0.1) is 0 Å². The van der Waals surface area contributed by atoms with Crippen molar-refractivity contribution in [3.05, 3.63) is 0 Å². The van der Waals surface area contributed by atoms with Crippen molar-refractivity contribution >= 4 is 12.0 Å². The molecule has 0 aliphatic heterocycles. The average molecular weight is 284 g/mol. The number of carboxylic acids is 1. The molecular weight excluding hydrogens is 256 g/mol. The number of unbranched alkanes of at least 4 members (excludes halogenated alkanes) is 1. The number of nitrogens with one attached hydrogen (secondary N) is 1. The first-order valence-corrected chi connectivity index (χ1v) is 7.77. The molecule has 0 aromatic rings. The Morgan fingerprint density at radius 1 is 1.25 bits per heavy atom. The second-order valence-corrected chi connectivity index (χ2v) is 6.07. The van der Waals surface area contributed by atoms with Crippen molar-refractivity contribution in [3.63, 3.8) is 0 Å². The molecular formula is C15H28N2O3. The lowest BCUT2D eigenvalue weighted by molar-refractivity contribution is -0.137. The van der Waals surface area contributed by atoms with Gasteiger partial charge in [-0.25, -0.2) is 4.79 Å². The average Bonchev–Trinajstić information content (AvgIpc) is 2.88. The van der Waals surface area contributed by atoms with Crippen molar-refractivity contribution in [3.8, 4) is 0 Å². The van der Waals surface area contributed by atoms with Crippen molar-refractivity contribution in [1.82, 2.24) is 10.2 Å². The minimum atomic E-state index is -0.774. The summed E-state index contributed by atoms with van der Waals surface area (Å²) >= 11 is 0. The van der Waals surface area contributed by atoms with Gasteiger partial charge < -0.3 is 15.3 Å². The molecule has 1 rings (SSSR count). The maximum Gasteiger partial charge on any atom is 0.317 e. The van der Waals surface area contributed by atoms with Crippen LogP contribution in [-0.2, 0) is 4.79 Å². The highest BCUT2D eigenvalue weighted by Gasteiger charge is 2.26. The van der Waals surface area contributed by atoms with Crippen molar-refractivity contribution in [1.29, 1.82) is 0 Å². The summed E-state index contributed by atoms with van der Waals surface area (Å²) in [5.41, 5.74) is 0. The normalized spacial score (nSPS) is 15.6. The van der Waals surface area contributed by atoms with Crippen LogP contribution in [0.15, 0.2) is 0 Å². The number of urea groups is 1. The molecule has 0 unspecified atom stereocenters. The highest BCUT2D eigenvalue weighted by Crippen LogP contribution is 2.24. The predicted octanol–water partition coefficient (Wildman–Crippen LogP) is 2.85. The Morgan fingerprint density at radius 2 is 1.90 bits per heavy atom. The van der Waals surface area contributed by atoms with Crippen LogP contribution in [0.25, 0.3) is 0 Å². The molecule has 2 amide bonds. The third-order valence-corrected chi connectivity index (χ3v) is 3.68. The zero-order valence-corrected chi connectivity index (χ0v) is 12.7. The van der Waals surface area contributed by atoms with Crippen LogP contribution in [0.2, 0.25) is 0 Å². The van der Waals surface area contributed by atoms with E-state index >= 15 is 0 Å². The molecule has 0 atom stereocenters. The van der Waals surface area contributed by atoms with Crippen LogP contribution >= 0.6 is 0 Å². The van der Waals surface area contributed by atoms with E-state index in [1.165, 1.54) is 12.8 Å². The van der Waals surface area contributed by atoms with E-state index in [9.17, 15) is 9.59 Å². The Hall–Kier alpha value is -1.26. The van der Waals surface area contributed by atoms with Gasteiger partial charge in [-0.1, -0.05) is 26.7 Å². The van der Waals surface area contributed by atoms with E-state index in [-0.39, 0.29) is 12.5 Å². The molecule has 116 valence electrons. The molecule has 0 aromatic carbocycles. The second-order valence-electron chi connectivity index (χ2n) is 6.07. The topological polar surface area (TPSA) is 69.6 Å². The molecule has 1 aliphatic rings. The van der Waals surface area contributed by atoms with E-state index in [4.69, 9.17) is 5.11 Å². The number of carbonyl (C=O) groups is 2. The minimum Gasteiger partial charge on any atom is -0.481 e. The Morgan fingerprint density at radius 3 is 2.45 bits per heavy atom. The fourth-order valence-corrected chi connectivity index (χ4v) is 2.71. The van der Waals surface area contributed by atoms with Gasteiger partial charge in [0.25, 0.3) is 0 Å². The van der Waals surface area contributed by atoms with Gasteiger partial charge >= 0.3 is 12.0 Å². The zero-order valence-electron chi connectivity index (χ0n) is 12.7. The largest absolute Gasteiger partial charge is 0.481 e. The molecule has 0 aromatic heterocycles. The Labute approximate surface area is 121 Å². The van der Waals surface area contributed by atoms with Crippen LogP contribution in [-0.4, -0.2) is 41.1 Å². The van der Waals surface area contributed by atoms with Gasteiger partial charge in [-0.2, -0.15) is 0 Å². The van der Waals surface area contributed by atoms with Crippen LogP contribution in [0.1, 0.15) is 58.8 Å². The Bertz CT molecular complexity index is 312. The summed E-state index contributed by atoms with van der Waals surface area (Å²) in [4.78, 5) is 24.6. The maximum atomic E-state index is 12.3. The summed E-state index contributed by atoms with van der Waals surface area (Å²) in [5.74, 6) is -0.308. The standard InChI is InChI=1S/C15H28N2O3/c1-12(2)11-17(13-7-3-4-8-13)15(20)16-10-6-5-9-14(18)19/h12-13H,3-11H2,1-2H3,(H,16,20)(H,18,19). The maximum absolute atomic E-state index is 12.3. The molecule has 1 fully saturated rings. The van der Waals surface area contributed by atoms with E-state index in [2.05, 4.69) is 19.2 Å². The van der Waals surface area contributed by atoms with Crippen LogP contribution in [0, 0.1) is 5.92 Å². The van der Waals surface area contributed by atoms with Crippen LogP contribution < -0.4 is 5.32 Å². The number of carbonyl (C=O) groups excluding carboxylic acids is 1. The van der Waals surface area contributed by atoms with E-state index in [1.807, 2.05) is 4.90 Å². The summed E-state index contributed by atoms with van der Waals surface area (Å²) in [6, 6.07) is 0.400. The first-order chi connectivity index (χ1) is 9.50. The van der Waals surface area contributed by atoms with Crippen LogP contribution in [0.4, 0.5) is 4.79 Å². The molecule has 2 N–H and O–H groups in total. The monoisotopic (exact) mass is 284 g/mol. The number of hydrogen-bond acceptors (Lipinski definition) is 2. The van der Waals surface area contributed by atoms with Gasteiger partial charge in [0, 0.05) is 25.6 Å². The van der Waals surface area contributed by atoms with Crippen molar-refractivity contribution < 1.29 is 14.7 Å². The van der Waals surface area contributed by atoms with Crippen molar-refractivity contribution in [2.45, 2.75) is 64.8 Å². The van der Waals surface area contributed by atoms with E-state index in [0.29, 0.717) is 24.9 Å². The van der Waals surface area contributed by atoms with E-state index in [0.717, 1.165) is 25.8 Å². The van der Waals surface area contributed by atoms with E-state index in [1.54, 1.807) is 0 Å². The fourth-order valence-electron chi connectivity index (χ4n) is 2.71. The second kappa shape index (κ2) is 8.82. The Balaban J connectivity index is 2.33. The number of hydrogen-bond donors (Lipinski definition) is 2. The minimum absolute atomic E-state index is 0.0147. The van der Waals surface area contributed by atoms with E-state index < -0.39 is 5.97 Å². The van der Waals surface area contributed by atoms with Crippen molar-refractivity contribution in [2.75, 3.05) is 13.1 Å². The molecule has 20 heavy (non-hydrogen) atoms. The lowest BCUT2D eigenvalue weighted by Gasteiger charge is -2.30. The predicted molar refractivity (Wildman–Crippen MR) is 78.7 cm³/mol. The van der Waals surface area contributed by atoms with Gasteiger partial charge in [0.05, 0.1) is 0 Å². The van der Waals surface area contributed by atoms with Gasteiger partial charge in [0.1, 0.15) is 0 Å². The number of aliphatic carboxylic acids is 1. The third kappa shape index (κ3) is 6.26. The third-order valence-electron chi connectivity index (χ3n) is 3.68. The highest BCUT2D eigenvalue weighted by atomic mass is 16.4. The number of rotatable bonds is 8. The molecule has 0 spiro atoms. The smallest absolute Gasteiger partial charge is 0.317 e. The van der Waals surface area contributed by atoms with Gasteiger partial charge in [0.15, 0.2) is 0 Å². The first kappa shape index (κ1) is 16.8. The summed E-state index contributed by atoms with van der Waals surface area (Å²) in [6.07, 6.45) is 6.16. The van der Waals surface area contributed by atoms with Crippen molar-refractivity contribution in [2.24, 2.45) is 5.92 Å². The number of carboxylic acid groups (broad SMARTS) is 1. The molecule has 5 heteroatoms. The summed E-state index contributed by atoms with van der Waals surface area (Å²) < 4.78 is 0. The summed E-state index contributed by atoms with van der Waals surface area (Å²) in [6.45, 7) is 5.61. The molecule has 0 heterocycles. The quantitative estimate of drug-likeness (QED) is 0.673. The van der Waals surface area contributed by atoms with Gasteiger partial charge in [-0.3, -0.25) is 4.79 Å². The van der Waals surface area contributed by atoms with Gasteiger partial charge in [0.2, 0.25) is 0 Å². The molecule has 0 saturated heterocycles. The lowest BCUT2D eigenvalue weighted by atomic mass is 10.1. The molecule has 1 aliphatic carbocycles. The highest BCUT2D eigenvalue weighted by molar-refractivity contribution is 5.74. The number of nitrogens with zero attached hydrogens (tertiary/aromatic N) is 1.